The minimum atomic E-state index is -0.930. The predicted molar refractivity (Wildman–Crippen MR) is 72.2 cm³/mol. The smallest absolute Gasteiger partial charge is 0.337 e. The Morgan fingerprint density at radius 3 is 2.63 bits per heavy atom. The van der Waals surface area contributed by atoms with Crippen molar-refractivity contribution in [1.29, 1.82) is 0 Å². The molecule has 0 amide bonds. The molecule has 4 heteroatoms. The molecule has 0 atom stereocenters. The van der Waals surface area contributed by atoms with E-state index in [1.165, 1.54) is 0 Å². The summed E-state index contributed by atoms with van der Waals surface area (Å²) < 4.78 is 1.73. The summed E-state index contributed by atoms with van der Waals surface area (Å²) in [6.07, 6.45) is 1.70. The predicted octanol–water partition coefficient (Wildman–Crippen LogP) is 2.78. The quantitative estimate of drug-likeness (QED) is 0.779. The van der Waals surface area contributed by atoms with Gasteiger partial charge in [-0.05, 0) is 11.6 Å². The van der Waals surface area contributed by atoms with E-state index in [0.717, 1.165) is 10.9 Å². The molecule has 3 aromatic rings. The molecular formula is C15H12N2O2. The number of nitrogens with zero attached hydrogens (tertiary/aromatic N) is 2. The van der Waals surface area contributed by atoms with Gasteiger partial charge < -0.3 is 5.11 Å². The van der Waals surface area contributed by atoms with Crippen LogP contribution in [0.3, 0.4) is 0 Å². The molecule has 0 aliphatic rings. The number of carboxylic acid groups (broad SMARTS) is 1. The molecule has 3 rings (SSSR count). The zero-order valence-corrected chi connectivity index (χ0v) is 10.2. The van der Waals surface area contributed by atoms with Gasteiger partial charge in [0.05, 0.1) is 23.8 Å². The first-order valence-electron chi connectivity index (χ1n) is 5.97. The molecule has 0 radical (unpaired) electrons. The lowest BCUT2D eigenvalue weighted by molar-refractivity contribution is 0.0698. The highest BCUT2D eigenvalue weighted by Gasteiger charge is 2.13. The number of carboxylic acids is 1. The third-order valence-electron chi connectivity index (χ3n) is 3.07. The van der Waals surface area contributed by atoms with Crippen LogP contribution in [0.15, 0.2) is 54.7 Å². The van der Waals surface area contributed by atoms with Gasteiger partial charge in [0.1, 0.15) is 0 Å². The van der Waals surface area contributed by atoms with E-state index < -0.39 is 5.97 Å². The molecule has 4 nitrogen and oxygen atoms in total. The third kappa shape index (κ3) is 2.08. The van der Waals surface area contributed by atoms with Gasteiger partial charge in [0.15, 0.2) is 0 Å². The Bertz CT molecular complexity index is 732. The van der Waals surface area contributed by atoms with Crippen molar-refractivity contribution in [2.75, 3.05) is 0 Å². The zero-order chi connectivity index (χ0) is 13.2. The highest BCUT2D eigenvalue weighted by molar-refractivity contribution is 6.01. The van der Waals surface area contributed by atoms with Crippen LogP contribution in [0, 0.1) is 0 Å². The van der Waals surface area contributed by atoms with Gasteiger partial charge in [-0.3, -0.25) is 4.68 Å². The molecule has 0 aliphatic heterocycles. The average molecular weight is 252 g/mol. The second-order valence-electron chi connectivity index (χ2n) is 4.34. The second kappa shape index (κ2) is 4.57. The van der Waals surface area contributed by atoms with Crippen LogP contribution in [-0.4, -0.2) is 20.9 Å². The molecule has 1 N–H and O–H groups in total. The van der Waals surface area contributed by atoms with Crippen LogP contribution >= 0.6 is 0 Å². The molecule has 0 aliphatic carbocycles. The summed E-state index contributed by atoms with van der Waals surface area (Å²) in [7, 11) is 0. The van der Waals surface area contributed by atoms with Gasteiger partial charge in [-0.2, -0.15) is 5.10 Å². The monoisotopic (exact) mass is 252 g/mol. The maximum Gasteiger partial charge on any atom is 0.337 e. The van der Waals surface area contributed by atoms with Crippen molar-refractivity contribution >= 4 is 16.9 Å². The molecule has 94 valence electrons. The molecule has 1 heterocycles. The summed E-state index contributed by atoms with van der Waals surface area (Å²) in [4.78, 5) is 11.3. The summed E-state index contributed by atoms with van der Waals surface area (Å²) in [5.74, 6) is -0.930. The normalized spacial score (nSPS) is 10.7. The van der Waals surface area contributed by atoms with Crippen LogP contribution in [-0.2, 0) is 6.54 Å². The van der Waals surface area contributed by atoms with Gasteiger partial charge in [-0.15, -0.1) is 0 Å². The zero-order valence-electron chi connectivity index (χ0n) is 10.2. The van der Waals surface area contributed by atoms with Crippen LogP contribution in [0.5, 0.6) is 0 Å². The van der Waals surface area contributed by atoms with Gasteiger partial charge in [-0.25, -0.2) is 4.79 Å². The number of aromatic carboxylic acids is 1. The Hall–Kier alpha value is -2.62. The Morgan fingerprint density at radius 1 is 1.11 bits per heavy atom. The van der Waals surface area contributed by atoms with Gasteiger partial charge in [0.25, 0.3) is 0 Å². The number of rotatable bonds is 3. The fraction of sp³-hybridized carbons (Fsp3) is 0.0667. The van der Waals surface area contributed by atoms with Gasteiger partial charge in [-0.1, -0.05) is 42.5 Å². The fourth-order valence-corrected chi connectivity index (χ4v) is 2.19. The Labute approximate surface area is 109 Å². The summed E-state index contributed by atoms with van der Waals surface area (Å²) in [6, 6.07) is 15.1. The lowest BCUT2D eigenvalue weighted by Gasteiger charge is -2.06. The molecule has 0 saturated carbocycles. The minimum Gasteiger partial charge on any atom is -0.478 e. The molecule has 1 aromatic heterocycles. The van der Waals surface area contributed by atoms with Crippen molar-refractivity contribution in [1.82, 2.24) is 9.78 Å². The first kappa shape index (κ1) is 11.5. The highest BCUT2D eigenvalue weighted by atomic mass is 16.4. The van der Waals surface area contributed by atoms with E-state index in [0.29, 0.717) is 12.1 Å². The van der Waals surface area contributed by atoms with E-state index in [1.807, 2.05) is 36.4 Å². The minimum absolute atomic E-state index is 0.283. The summed E-state index contributed by atoms with van der Waals surface area (Å²) in [5.41, 5.74) is 2.04. The van der Waals surface area contributed by atoms with Gasteiger partial charge in [0.2, 0.25) is 0 Å². The second-order valence-corrected chi connectivity index (χ2v) is 4.34. The van der Waals surface area contributed by atoms with E-state index in [1.54, 1.807) is 23.0 Å². The van der Waals surface area contributed by atoms with Crippen molar-refractivity contribution < 1.29 is 9.90 Å². The van der Waals surface area contributed by atoms with Crippen LogP contribution in [0.1, 0.15) is 15.9 Å². The van der Waals surface area contributed by atoms with Crippen LogP contribution in [0.4, 0.5) is 0 Å². The number of hydrogen-bond donors (Lipinski definition) is 1. The van der Waals surface area contributed by atoms with Gasteiger partial charge in [0, 0.05) is 5.39 Å². The first-order chi connectivity index (χ1) is 9.25. The van der Waals surface area contributed by atoms with Crippen molar-refractivity contribution in [3.8, 4) is 0 Å². The number of aromatic nitrogens is 2. The van der Waals surface area contributed by atoms with E-state index in [2.05, 4.69) is 5.10 Å². The van der Waals surface area contributed by atoms with Crippen molar-refractivity contribution in [3.05, 3.63) is 65.9 Å². The lowest BCUT2D eigenvalue weighted by Crippen LogP contribution is -2.06. The molecule has 0 saturated heterocycles. The van der Waals surface area contributed by atoms with Crippen molar-refractivity contribution in [2.45, 2.75) is 6.54 Å². The van der Waals surface area contributed by atoms with Crippen LogP contribution < -0.4 is 0 Å². The summed E-state index contributed by atoms with van der Waals surface area (Å²) in [5, 5.41) is 14.4. The fourth-order valence-electron chi connectivity index (χ4n) is 2.19. The van der Waals surface area contributed by atoms with Crippen LogP contribution in [0.2, 0.25) is 0 Å². The van der Waals surface area contributed by atoms with E-state index in [-0.39, 0.29) is 5.56 Å². The van der Waals surface area contributed by atoms with Crippen LogP contribution in [0.25, 0.3) is 10.9 Å². The molecular weight excluding hydrogens is 240 g/mol. The van der Waals surface area contributed by atoms with E-state index >= 15 is 0 Å². The topological polar surface area (TPSA) is 55.1 Å². The molecule has 0 spiro atoms. The standard InChI is InChI=1S/C15H12N2O2/c18-15(19)13-8-4-7-12-9-16-17(14(12)13)10-11-5-2-1-3-6-11/h1-9H,10H2,(H,18,19). The molecule has 2 aromatic carbocycles. The Kier molecular flexibility index (Phi) is 2.76. The number of benzene rings is 2. The number of fused-ring (bicyclic) bond motifs is 1. The molecule has 0 bridgehead atoms. The number of hydrogen-bond acceptors (Lipinski definition) is 2. The Balaban J connectivity index is 2.12. The van der Waals surface area contributed by atoms with Crippen molar-refractivity contribution in [3.63, 3.8) is 0 Å². The van der Waals surface area contributed by atoms with E-state index in [4.69, 9.17) is 0 Å². The molecule has 0 fully saturated rings. The third-order valence-corrected chi connectivity index (χ3v) is 3.07. The van der Waals surface area contributed by atoms with Crippen molar-refractivity contribution in [2.24, 2.45) is 0 Å². The van der Waals surface area contributed by atoms with E-state index in [9.17, 15) is 9.90 Å². The largest absolute Gasteiger partial charge is 0.478 e. The Morgan fingerprint density at radius 2 is 1.89 bits per heavy atom. The van der Waals surface area contributed by atoms with Gasteiger partial charge >= 0.3 is 5.97 Å². The molecule has 19 heavy (non-hydrogen) atoms. The highest BCUT2D eigenvalue weighted by Crippen LogP contribution is 2.19. The summed E-state index contributed by atoms with van der Waals surface area (Å²) in [6.45, 7) is 0.564. The number of carbonyl (C=O) groups is 1. The first-order valence-corrected chi connectivity index (χ1v) is 5.97. The molecule has 0 unspecified atom stereocenters. The number of para-hydroxylation sites is 1. The maximum atomic E-state index is 11.3. The average Bonchev–Trinajstić information content (AvgIpc) is 2.83. The summed E-state index contributed by atoms with van der Waals surface area (Å²) >= 11 is 0. The maximum absolute atomic E-state index is 11.3. The SMILES string of the molecule is O=C(O)c1cccc2cnn(Cc3ccccc3)c12. The lowest BCUT2D eigenvalue weighted by atomic mass is 10.1.